The number of anilines is 2. The summed E-state index contributed by atoms with van der Waals surface area (Å²) < 4.78 is 0.797. The number of hydrogen-bond acceptors (Lipinski definition) is 8. The van der Waals surface area contributed by atoms with Crippen molar-refractivity contribution in [1.82, 2.24) is 15.0 Å². The number of nitrogen functional groups attached to an aromatic ring is 1. The zero-order valence-corrected chi connectivity index (χ0v) is 12.3. The normalized spacial score (nSPS) is 12.8. The number of fused-ring (bicyclic) bond motifs is 1. The largest absolute Gasteiger partial charge is 0.394 e. The van der Waals surface area contributed by atoms with E-state index in [1.165, 1.54) is 11.3 Å². The molecule has 2 rings (SSSR count). The second kappa shape index (κ2) is 6.36. The molecule has 19 heavy (non-hydrogen) atoms. The van der Waals surface area contributed by atoms with Gasteiger partial charge in [0.15, 0.2) is 21.8 Å². The number of unbranched alkanes of at least 4 members (excludes halogenated alkanes) is 1. The predicted octanol–water partition coefficient (Wildman–Crippen LogP) is 1.92. The summed E-state index contributed by atoms with van der Waals surface area (Å²) in [5, 5.41) is 13.4. The Morgan fingerprint density at radius 2 is 2.21 bits per heavy atom. The van der Waals surface area contributed by atoms with Crippen molar-refractivity contribution in [3.63, 3.8) is 0 Å². The van der Waals surface area contributed by atoms with Crippen LogP contribution in [-0.2, 0) is 0 Å². The van der Waals surface area contributed by atoms with Crippen molar-refractivity contribution in [2.45, 2.75) is 37.4 Å². The SMILES string of the molecule is CCCC[C@H](CO)Nc1nc(S)nc2nc(N)sc12. The van der Waals surface area contributed by atoms with Crippen LogP contribution >= 0.6 is 24.0 Å². The third kappa shape index (κ3) is 3.46. The summed E-state index contributed by atoms with van der Waals surface area (Å²) in [6.45, 7) is 2.18. The molecule has 0 aromatic carbocycles. The van der Waals surface area contributed by atoms with Crippen LogP contribution in [0, 0.1) is 0 Å². The Balaban J connectivity index is 2.27. The van der Waals surface area contributed by atoms with Gasteiger partial charge in [-0.05, 0) is 6.42 Å². The van der Waals surface area contributed by atoms with Crippen molar-refractivity contribution in [3.05, 3.63) is 0 Å². The number of thiazole rings is 1. The zero-order chi connectivity index (χ0) is 13.8. The van der Waals surface area contributed by atoms with E-state index in [4.69, 9.17) is 5.73 Å². The maximum absolute atomic E-state index is 9.40. The average molecular weight is 299 g/mol. The van der Waals surface area contributed by atoms with E-state index in [1.807, 2.05) is 0 Å². The summed E-state index contributed by atoms with van der Waals surface area (Å²) in [6.07, 6.45) is 3.02. The van der Waals surface area contributed by atoms with Gasteiger partial charge < -0.3 is 16.2 Å². The molecule has 2 aromatic heterocycles. The molecular formula is C11H17N5OS2. The smallest absolute Gasteiger partial charge is 0.188 e. The number of rotatable bonds is 6. The molecule has 0 unspecified atom stereocenters. The van der Waals surface area contributed by atoms with Crippen molar-refractivity contribution in [3.8, 4) is 0 Å². The minimum Gasteiger partial charge on any atom is -0.394 e. The highest BCUT2D eigenvalue weighted by Crippen LogP contribution is 2.29. The molecule has 104 valence electrons. The first-order chi connectivity index (χ1) is 9.13. The number of nitrogens with two attached hydrogens (primary N) is 1. The third-order valence-electron chi connectivity index (χ3n) is 2.73. The minimum atomic E-state index is -0.0332. The number of hydrogen-bond donors (Lipinski definition) is 4. The second-order valence-electron chi connectivity index (χ2n) is 4.24. The molecular weight excluding hydrogens is 282 g/mol. The first kappa shape index (κ1) is 14.3. The van der Waals surface area contributed by atoms with Crippen molar-refractivity contribution in [2.75, 3.05) is 17.7 Å². The van der Waals surface area contributed by atoms with Crippen molar-refractivity contribution >= 4 is 45.3 Å². The second-order valence-corrected chi connectivity index (χ2v) is 5.67. The molecule has 2 heterocycles. The van der Waals surface area contributed by atoms with E-state index in [0.29, 0.717) is 21.8 Å². The summed E-state index contributed by atoms with van der Waals surface area (Å²) >= 11 is 5.49. The van der Waals surface area contributed by atoms with E-state index in [1.54, 1.807) is 0 Å². The van der Waals surface area contributed by atoms with Crippen LogP contribution in [0.2, 0.25) is 0 Å². The molecule has 4 N–H and O–H groups in total. The molecule has 0 amide bonds. The molecule has 6 nitrogen and oxygen atoms in total. The van der Waals surface area contributed by atoms with E-state index in [9.17, 15) is 5.11 Å². The van der Waals surface area contributed by atoms with Gasteiger partial charge in [0.05, 0.1) is 12.6 Å². The number of aromatic nitrogens is 3. The first-order valence-corrected chi connectivity index (χ1v) is 7.40. The van der Waals surface area contributed by atoms with Crippen LogP contribution in [-0.4, -0.2) is 32.7 Å². The molecule has 0 bridgehead atoms. The van der Waals surface area contributed by atoms with E-state index < -0.39 is 0 Å². The Hall–Kier alpha value is -1.12. The molecule has 0 saturated carbocycles. The lowest BCUT2D eigenvalue weighted by Gasteiger charge is -2.16. The first-order valence-electron chi connectivity index (χ1n) is 6.14. The fraction of sp³-hybridized carbons (Fsp3) is 0.545. The molecule has 0 aliphatic rings. The quantitative estimate of drug-likeness (QED) is 0.481. The van der Waals surface area contributed by atoms with Crippen LogP contribution in [0.4, 0.5) is 10.9 Å². The van der Waals surface area contributed by atoms with Crippen molar-refractivity contribution in [2.24, 2.45) is 0 Å². The van der Waals surface area contributed by atoms with Crippen LogP contribution in [0.15, 0.2) is 5.16 Å². The van der Waals surface area contributed by atoms with E-state index >= 15 is 0 Å². The molecule has 0 aliphatic carbocycles. The summed E-state index contributed by atoms with van der Waals surface area (Å²) in [5.41, 5.74) is 6.23. The highest BCUT2D eigenvalue weighted by Gasteiger charge is 2.14. The fourth-order valence-corrected chi connectivity index (χ4v) is 2.70. The lowest BCUT2D eigenvalue weighted by atomic mass is 10.1. The van der Waals surface area contributed by atoms with Gasteiger partial charge in [-0.25, -0.2) is 15.0 Å². The Kier molecular flexibility index (Phi) is 4.78. The fourth-order valence-electron chi connectivity index (χ4n) is 1.78. The predicted molar refractivity (Wildman–Crippen MR) is 80.9 cm³/mol. The summed E-state index contributed by atoms with van der Waals surface area (Å²) in [5.74, 6) is 0.638. The van der Waals surface area contributed by atoms with Gasteiger partial charge in [-0.2, -0.15) is 0 Å². The average Bonchev–Trinajstić information content (AvgIpc) is 2.74. The van der Waals surface area contributed by atoms with E-state index in [-0.39, 0.29) is 12.6 Å². The molecule has 0 fully saturated rings. The van der Waals surface area contributed by atoms with Gasteiger partial charge in [0.2, 0.25) is 0 Å². The third-order valence-corrected chi connectivity index (χ3v) is 3.81. The van der Waals surface area contributed by atoms with Gasteiger partial charge in [0, 0.05) is 0 Å². The monoisotopic (exact) mass is 299 g/mol. The highest BCUT2D eigenvalue weighted by molar-refractivity contribution is 7.80. The zero-order valence-electron chi connectivity index (χ0n) is 10.6. The Labute approximate surface area is 120 Å². The van der Waals surface area contributed by atoms with Crippen molar-refractivity contribution in [1.29, 1.82) is 0 Å². The summed E-state index contributed by atoms with van der Waals surface area (Å²) in [7, 11) is 0. The molecule has 2 aromatic rings. The standard InChI is InChI=1S/C11H17N5OS2/c1-2-3-4-6(5-17)13-8-7-9(14-10(12)19-7)16-11(18)15-8/h6,17H,2-5H2,1H3,(H4,12,13,14,15,16,18)/t6-/m1/s1. The van der Waals surface area contributed by atoms with Gasteiger partial charge in [-0.15, -0.1) is 12.6 Å². The molecule has 0 aliphatic heterocycles. The molecule has 1 atom stereocenters. The van der Waals surface area contributed by atoms with Crippen LogP contribution in [0.5, 0.6) is 0 Å². The Morgan fingerprint density at radius 3 is 2.89 bits per heavy atom. The number of thiol groups is 1. The summed E-state index contributed by atoms with van der Waals surface area (Å²) in [6, 6.07) is -0.0332. The molecule has 0 spiro atoms. The maximum atomic E-state index is 9.40. The molecule has 0 radical (unpaired) electrons. The van der Waals surface area contributed by atoms with Gasteiger partial charge in [-0.1, -0.05) is 31.1 Å². The lowest BCUT2D eigenvalue weighted by molar-refractivity contribution is 0.267. The van der Waals surface area contributed by atoms with Crippen LogP contribution in [0.3, 0.4) is 0 Å². The number of aliphatic hydroxyl groups excluding tert-OH is 1. The van der Waals surface area contributed by atoms with E-state index in [0.717, 1.165) is 24.0 Å². The Morgan fingerprint density at radius 1 is 1.42 bits per heavy atom. The van der Waals surface area contributed by atoms with E-state index in [2.05, 4.69) is 39.8 Å². The van der Waals surface area contributed by atoms with Gasteiger partial charge in [0.1, 0.15) is 4.70 Å². The van der Waals surface area contributed by atoms with Gasteiger partial charge >= 0.3 is 0 Å². The van der Waals surface area contributed by atoms with Crippen LogP contribution < -0.4 is 11.1 Å². The molecule has 0 saturated heterocycles. The van der Waals surface area contributed by atoms with Crippen LogP contribution in [0.25, 0.3) is 10.3 Å². The maximum Gasteiger partial charge on any atom is 0.188 e. The van der Waals surface area contributed by atoms with Gasteiger partial charge in [0.25, 0.3) is 0 Å². The number of nitrogens with one attached hydrogen (secondary N) is 1. The molecule has 8 heteroatoms. The van der Waals surface area contributed by atoms with Gasteiger partial charge in [-0.3, -0.25) is 0 Å². The van der Waals surface area contributed by atoms with Crippen LogP contribution in [0.1, 0.15) is 26.2 Å². The Bertz CT molecular complexity index is 559. The lowest BCUT2D eigenvalue weighted by Crippen LogP contribution is -2.24. The van der Waals surface area contributed by atoms with Crippen molar-refractivity contribution < 1.29 is 5.11 Å². The topological polar surface area (TPSA) is 97.0 Å². The summed E-state index contributed by atoms with van der Waals surface area (Å²) in [4.78, 5) is 12.5. The number of nitrogens with zero attached hydrogens (tertiary/aromatic N) is 3. The number of aliphatic hydroxyl groups is 1. The minimum absolute atomic E-state index is 0.0332. The highest BCUT2D eigenvalue weighted by atomic mass is 32.1.